The Hall–Kier alpha value is -4.68. The van der Waals surface area contributed by atoms with Crippen LogP contribution in [0.25, 0.3) is 17.1 Å². The molecular formula is C28H29ClF4N10O4. The van der Waals surface area contributed by atoms with Crippen molar-refractivity contribution in [2.45, 2.75) is 63.4 Å². The second-order valence-electron chi connectivity index (χ2n) is 11.6. The highest BCUT2D eigenvalue weighted by Gasteiger charge is 2.40. The predicted octanol–water partition coefficient (Wildman–Crippen LogP) is 1.62. The van der Waals surface area contributed by atoms with E-state index in [0.717, 1.165) is 9.36 Å². The van der Waals surface area contributed by atoms with Crippen LogP contribution in [0, 0.1) is 0 Å². The van der Waals surface area contributed by atoms with Gasteiger partial charge in [0.2, 0.25) is 5.82 Å². The number of carbonyl (C=O) groups excluding carboxylic acids is 2. The number of aliphatic hydroxyl groups is 1. The molecule has 0 aliphatic heterocycles. The number of benzene rings is 1. The number of aromatic nitrogens is 7. The lowest BCUT2D eigenvalue weighted by Crippen LogP contribution is -2.45. The van der Waals surface area contributed by atoms with Gasteiger partial charge < -0.3 is 21.5 Å². The highest BCUT2D eigenvalue weighted by Crippen LogP contribution is 2.27. The number of alkyl halides is 4. The van der Waals surface area contributed by atoms with Gasteiger partial charge in [0.25, 0.3) is 11.8 Å². The normalized spacial score (nSPS) is 17.0. The standard InChI is InChI=1S/C28H29ClF4N10O4/c1-27(2,34)13-36-25(46)23-38-21(39-43(23)19-10-35-8-7-16(19)24(45)37-18-9-17(18)30)12-42-26(47)41(11-20(44)28(31,32)33)22(40-42)14-3-5-15(29)6-4-14/h3-8,10,17-18,20,44H,9,11-13,34H2,1-2H3,(H,36,46)(H,37,45)/t17?,18?,20-/m0/s1. The van der Waals surface area contributed by atoms with Crippen LogP contribution in [0.2, 0.25) is 5.02 Å². The number of nitrogens with one attached hydrogen (secondary N) is 2. The molecule has 0 spiro atoms. The highest BCUT2D eigenvalue weighted by molar-refractivity contribution is 6.30. The van der Waals surface area contributed by atoms with Gasteiger partial charge in [-0.1, -0.05) is 11.6 Å². The number of aliphatic hydroxyl groups excluding tert-OH is 1. The zero-order valence-electron chi connectivity index (χ0n) is 24.9. The summed E-state index contributed by atoms with van der Waals surface area (Å²) < 4.78 is 55.8. The molecule has 2 amide bonds. The monoisotopic (exact) mass is 680 g/mol. The average molecular weight is 681 g/mol. The molecule has 0 radical (unpaired) electrons. The van der Waals surface area contributed by atoms with Crippen LogP contribution in [-0.4, -0.2) is 87.6 Å². The van der Waals surface area contributed by atoms with Gasteiger partial charge in [0.05, 0.1) is 30.0 Å². The van der Waals surface area contributed by atoms with Crippen molar-refractivity contribution >= 4 is 23.4 Å². The molecule has 1 aliphatic carbocycles. The number of nitrogens with zero attached hydrogens (tertiary/aromatic N) is 7. The molecule has 3 aromatic heterocycles. The maximum Gasteiger partial charge on any atom is 0.416 e. The molecule has 1 fully saturated rings. The van der Waals surface area contributed by atoms with Crippen molar-refractivity contribution in [3.8, 4) is 17.1 Å². The van der Waals surface area contributed by atoms with Crippen LogP contribution in [0.15, 0.2) is 47.5 Å². The third kappa shape index (κ3) is 7.83. The highest BCUT2D eigenvalue weighted by atomic mass is 35.5. The molecule has 1 aliphatic rings. The molecule has 1 saturated carbocycles. The number of hydrogen-bond acceptors (Lipinski definition) is 9. The van der Waals surface area contributed by atoms with Crippen LogP contribution in [0.5, 0.6) is 0 Å². The van der Waals surface area contributed by atoms with Gasteiger partial charge in [-0.25, -0.2) is 23.5 Å². The van der Waals surface area contributed by atoms with E-state index in [1.807, 2.05) is 0 Å². The Balaban J connectivity index is 1.56. The summed E-state index contributed by atoms with van der Waals surface area (Å²) in [4.78, 5) is 48.0. The lowest BCUT2D eigenvalue weighted by atomic mass is 10.1. The van der Waals surface area contributed by atoms with Gasteiger partial charge in [0.15, 0.2) is 17.8 Å². The van der Waals surface area contributed by atoms with Crippen molar-refractivity contribution in [2.24, 2.45) is 5.73 Å². The summed E-state index contributed by atoms with van der Waals surface area (Å²) in [5, 5.41) is 23.8. The van der Waals surface area contributed by atoms with Crippen molar-refractivity contribution in [2.75, 3.05) is 6.54 Å². The quantitative estimate of drug-likeness (QED) is 0.171. The maximum absolute atomic E-state index is 13.5. The third-order valence-corrected chi connectivity index (χ3v) is 7.16. The minimum atomic E-state index is -5.03. The molecule has 14 nitrogen and oxygen atoms in total. The minimum Gasteiger partial charge on any atom is -0.382 e. The van der Waals surface area contributed by atoms with Gasteiger partial charge in [0, 0.05) is 35.3 Å². The molecule has 250 valence electrons. The Bertz CT molecular complexity index is 1850. The molecule has 0 bridgehead atoms. The van der Waals surface area contributed by atoms with E-state index >= 15 is 0 Å². The summed E-state index contributed by atoms with van der Waals surface area (Å²) in [5.74, 6) is -2.19. The maximum atomic E-state index is 13.5. The van der Waals surface area contributed by atoms with E-state index in [9.17, 15) is 37.1 Å². The van der Waals surface area contributed by atoms with Crippen LogP contribution in [0.3, 0.4) is 0 Å². The molecule has 5 rings (SSSR count). The van der Waals surface area contributed by atoms with Crippen molar-refractivity contribution in [1.29, 1.82) is 0 Å². The van der Waals surface area contributed by atoms with Crippen LogP contribution < -0.4 is 22.1 Å². The first-order valence-electron chi connectivity index (χ1n) is 14.1. The van der Waals surface area contributed by atoms with Crippen molar-refractivity contribution in [3.05, 3.63) is 75.4 Å². The summed E-state index contributed by atoms with van der Waals surface area (Å²) in [7, 11) is 0. The zero-order valence-corrected chi connectivity index (χ0v) is 25.6. The topological polar surface area (TPSA) is 188 Å². The number of rotatable bonds is 11. The van der Waals surface area contributed by atoms with Crippen molar-refractivity contribution in [1.82, 2.24) is 44.7 Å². The van der Waals surface area contributed by atoms with Gasteiger partial charge >= 0.3 is 11.9 Å². The fourth-order valence-corrected chi connectivity index (χ4v) is 4.49. The van der Waals surface area contributed by atoms with Crippen LogP contribution in [-0.2, 0) is 13.1 Å². The van der Waals surface area contributed by atoms with Gasteiger partial charge in [-0.3, -0.25) is 19.1 Å². The van der Waals surface area contributed by atoms with E-state index in [1.54, 1.807) is 13.8 Å². The average Bonchev–Trinajstić information content (AvgIpc) is 3.39. The van der Waals surface area contributed by atoms with Crippen LogP contribution >= 0.6 is 11.6 Å². The Kier molecular flexibility index (Phi) is 9.20. The first-order valence-corrected chi connectivity index (χ1v) is 14.5. The molecule has 0 saturated heterocycles. The van der Waals surface area contributed by atoms with Gasteiger partial charge in [0.1, 0.15) is 12.7 Å². The fraction of sp³-hybridized carbons (Fsp3) is 0.393. The molecule has 2 unspecified atom stereocenters. The molecular weight excluding hydrogens is 652 g/mol. The fourth-order valence-electron chi connectivity index (χ4n) is 4.36. The Morgan fingerprint density at radius 2 is 1.83 bits per heavy atom. The number of pyridine rings is 1. The number of hydrogen-bond donors (Lipinski definition) is 4. The minimum absolute atomic E-state index is 0.00380. The van der Waals surface area contributed by atoms with E-state index in [2.05, 4.69) is 30.8 Å². The van der Waals surface area contributed by atoms with Crippen molar-refractivity contribution in [3.63, 3.8) is 0 Å². The smallest absolute Gasteiger partial charge is 0.382 e. The second kappa shape index (κ2) is 12.8. The summed E-state index contributed by atoms with van der Waals surface area (Å²) in [5.41, 5.74) is 4.33. The zero-order chi connectivity index (χ0) is 34.3. The SMILES string of the molecule is CC(C)(N)CNC(=O)c1nc(Cn2nc(-c3ccc(Cl)cc3)n(C[C@H](O)C(F)(F)F)c2=O)nn1-c1cnccc1C(=O)NC1CC1F. The Labute approximate surface area is 268 Å². The van der Waals surface area contributed by atoms with Gasteiger partial charge in [-0.05, 0) is 44.2 Å². The van der Waals surface area contributed by atoms with Crippen LogP contribution in [0.1, 0.15) is 47.1 Å². The lowest BCUT2D eigenvalue weighted by Gasteiger charge is -2.18. The first kappa shape index (κ1) is 33.7. The van der Waals surface area contributed by atoms with Crippen LogP contribution in [0.4, 0.5) is 17.6 Å². The van der Waals surface area contributed by atoms with E-state index in [-0.39, 0.29) is 47.3 Å². The van der Waals surface area contributed by atoms with E-state index in [4.69, 9.17) is 17.3 Å². The lowest BCUT2D eigenvalue weighted by molar-refractivity contribution is -0.207. The first-order chi connectivity index (χ1) is 22.0. The largest absolute Gasteiger partial charge is 0.416 e. The molecule has 47 heavy (non-hydrogen) atoms. The number of carbonyl (C=O) groups is 2. The summed E-state index contributed by atoms with van der Waals surface area (Å²) in [6, 6.07) is 6.42. The second-order valence-corrected chi connectivity index (χ2v) is 12.0. The van der Waals surface area contributed by atoms with E-state index in [1.165, 1.54) is 42.7 Å². The summed E-state index contributed by atoms with van der Waals surface area (Å²) in [6.07, 6.45) is -6.40. The molecule has 4 aromatic rings. The summed E-state index contributed by atoms with van der Waals surface area (Å²) >= 11 is 5.94. The number of halogens is 5. The molecule has 3 heterocycles. The summed E-state index contributed by atoms with van der Waals surface area (Å²) in [6.45, 7) is 1.63. The van der Waals surface area contributed by atoms with E-state index < -0.39 is 60.6 Å². The predicted molar refractivity (Wildman–Crippen MR) is 159 cm³/mol. The van der Waals surface area contributed by atoms with Gasteiger partial charge in [-0.2, -0.15) is 13.2 Å². The molecule has 1 aromatic carbocycles. The molecule has 3 atom stereocenters. The number of nitrogens with two attached hydrogens (primary N) is 1. The van der Waals surface area contributed by atoms with Gasteiger partial charge in [-0.15, -0.1) is 10.2 Å². The Morgan fingerprint density at radius 1 is 1.15 bits per heavy atom. The number of amides is 2. The molecule has 19 heteroatoms. The Morgan fingerprint density at radius 3 is 2.45 bits per heavy atom. The van der Waals surface area contributed by atoms with E-state index in [0.29, 0.717) is 9.59 Å². The van der Waals surface area contributed by atoms with Crippen molar-refractivity contribution < 1.29 is 32.3 Å². The third-order valence-electron chi connectivity index (χ3n) is 6.91. The molecule has 5 N–H and O–H groups in total.